The van der Waals surface area contributed by atoms with Crippen LogP contribution in [0.25, 0.3) is 0 Å². The van der Waals surface area contributed by atoms with Crippen LogP contribution in [0.2, 0.25) is 10.0 Å². The van der Waals surface area contributed by atoms with E-state index in [0.29, 0.717) is 11.1 Å². The lowest BCUT2D eigenvalue weighted by molar-refractivity contribution is 0.361. The van der Waals surface area contributed by atoms with Gasteiger partial charge in [0.15, 0.2) is 0 Å². The van der Waals surface area contributed by atoms with Crippen LogP contribution in [0, 0.1) is 0 Å². The molecule has 3 rings (SSSR count). The number of ether oxygens (including phenoxy) is 1. The van der Waals surface area contributed by atoms with Gasteiger partial charge in [0.2, 0.25) is 0 Å². The van der Waals surface area contributed by atoms with Gasteiger partial charge in [0.25, 0.3) is 0 Å². The monoisotopic (exact) mass is 200 g/mol. The van der Waals surface area contributed by atoms with Gasteiger partial charge in [-0.2, -0.15) is 0 Å². The molecule has 0 bridgehead atoms. The quantitative estimate of drug-likeness (QED) is 0.587. The van der Waals surface area contributed by atoms with E-state index in [0.717, 1.165) is 11.4 Å². The van der Waals surface area contributed by atoms with Crippen LogP contribution < -0.4 is 0 Å². The number of benzene rings is 1. The molecule has 1 fully saturated rings. The van der Waals surface area contributed by atoms with Gasteiger partial charge in [-0.1, -0.05) is 23.2 Å². The molecule has 2 aliphatic rings. The molecule has 2 atom stereocenters. The van der Waals surface area contributed by atoms with Gasteiger partial charge in [0, 0.05) is 16.5 Å². The van der Waals surface area contributed by atoms with Crippen molar-refractivity contribution < 1.29 is 4.74 Å². The minimum Gasteiger partial charge on any atom is -0.364 e. The molecule has 0 saturated carbocycles. The highest BCUT2D eigenvalue weighted by Crippen LogP contribution is 2.51. The van der Waals surface area contributed by atoms with Crippen molar-refractivity contribution in [3.63, 3.8) is 0 Å². The maximum Gasteiger partial charge on any atom is 0.110 e. The lowest BCUT2D eigenvalue weighted by Gasteiger charge is -2.04. The Kier molecular flexibility index (Phi) is 1.30. The molecule has 0 amide bonds. The van der Waals surface area contributed by atoms with Crippen LogP contribution in [-0.4, -0.2) is 6.10 Å². The van der Waals surface area contributed by atoms with Gasteiger partial charge in [0.1, 0.15) is 6.10 Å². The number of fused-ring (bicyclic) bond motifs is 3. The summed E-state index contributed by atoms with van der Waals surface area (Å²) in [7, 11) is 0. The molecule has 0 aromatic heterocycles. The first-order valence-electron chi connectivity index (χ1n) is 3.89. The standard InChI is InChI=1S/C9H6Cl2O/c10-4-1-6-5(7(11)2-4)3-8-9(6)12-8/h1-2,8-9H,3H2/t8-,9-/m0/s1. The first-order chi connectivity index (χ1) is 5.75. The Bertz CT molecular complexity index is 362. The van der Waals surface area contributed by atoms with Gasteiger partial charge in [-0.15, -0.1) is 0 Å². The molecular weight excluding hydrogens is 195 g/mol. The van der Waals surface area contributed by atoms with Crippen molar-refractivity contribution in [2.75, 3.05) is 0 Å². The Morgan fingerprint density at radius 1 is 1.33 bits per heavy atom. The summed E-state index contributed by atoms with van der Waals surface area (Å²) in [5.41, 5.74) is 2.42. The normalized spacial score (nSPS) is 29.8. The molecule has 12 heavy (non-hydrogen) atoms. The van der Waals surface area contributed by atoms with Gasteiger partial charge in [-0.3, -0.25) is 0 Å². The smallest absolute Gasteiger partial charge is 0.110 e. The summed E-state index contributed by atoms with van der Waals surface area (Å²) in [6, 6.07) is 3.76. The van der Waals surface area contributed by atoms with E-state index in [4.69, 9.17) is 27.9 Å². The van der Waals surface area contributed by atoms with E-state index in [1.807, 2.05) is 6.07 Å². The summed E-state index contributed by atoms with van der Waals surface area (Å²) >= 11 is 11.9. The third-order valence-corrected chi connectivity index (χ3v) is 3.04. The minimum atomic E-state index is 0.288. The largest absolute Gasteiger partial charge is 0.364 e. The second kappa shape index (κ2) is 2.16. The van der Waals surface area contributed by atoms with Crippen LogP contribution in [0.1, 0.15) is 17.2 Å². The molecule has 0 unspecified atom stereocenters. The molecule has 0 spiro atoms. The highest BCUT2D eigenvalue weighted by atomic mass is 35.5. The van der Waals surface area contributed by atoms with Gasteiger partial charge < -0.3 is 4.74 Å². The summed E-state index contributed by atoms with van der Waals surface area (Å²) in [6.07, 6.45) is 1.63. The number of rotatable bonds is 0. The van der Waals surface area contributed by atoms with Crippen LogP contribution in [0.5, 0.6) is 0 Å². The first-order valence-corrected chi connectivity index (χ1v) is 4.64. The summed E-state index contributed by atoms with van der Waals surface area (Å²) in [5.74, 6) is 0. The van der Waals surface area contributed by atoms with Crippen molar-refractivity contribution in [2.24, 2.45) is 0 Å². The fourth-order valence-corrected chi connectivity index (χ4v) is 2.45. The van der Waals surface area contributed by atoms with E-state index in [-0.39, 0.29) is 6.10 Å². The zero-order valence-electron chi connectivity index (χ0n) is 6.18. The second-order valence-electron chi connectivity index (χ2n) is 3.25. The Labute approximate surface area is 80.2 Å². The maximum atomic E-state index is 6.02. The number of halogens is 2. The van der Waals surface area contributed by atoms with Crippen molar-refractivity contribution in [3.05, 3.63) is 33.3 Å². The Balaban J connectivity index is 2.24. The fraction of sp³-hybridized carbons (Fsp3) is 0.333. The molecule has 1 aliphatic carbocycles. The molecule has 62 valence electrons. The average molecular weight is 201 g/mol. The topological polar surface area (TPSA) is 12.5 Å². The summed E-state index contributed by atoms with van der Waals surface area (Å²) in [4.78, 5) is 0. The molecule has 0 radical (unpaired) electrons. The molecule has 0 N–H and O–H groups in total. The molecule has 1 saturated heterocycles. The fourth-order valence-electron chi connectivity index (χ4n) is 1.87. The highest BCUT2D eigenvalue weighted by Gasteiger charge is 2.47. The highest BCUT2D eigenvalue weighted by molar-refractivity contribution is 6.35. The predicted octanol–water partition coefficient (Wildman–Crippen LogP) is 2.99. The molecule has 1 aliphatic heterocycles. The van der Waals surface area contributed by atoms with E-state index in [2.05, 4.69) is 0 Å². The van der Waals surface area contributed by atoms with Crippen LogP contribution >= 0.6 is 23.2 Å². The lowest BCUT2D eigenvalue weighted by Crippen LogP contribution is -1.90. The van der Waals surface area contributed by atoms with Crippen LogP contribution in [0.15, 0.2) is 12.1 Å². The van der Waals surface area contributed by atoms with E-state index in [1.54, 1.807) is 6.07 Å². The van der Waals surface area contributed by atoms with Crippen molar-refractivity contribution in [3.8, 4) is 0 Å². The van der Waals surface area contributed by atoms with E-state index in [9.17, 15) is 0 Å². The molecule has 1 heterocycles. The van der Waals surface area contributed by atoms with Crippen molar-refractivity contribution in [1.82, 2.24) is 0 Å². The second-order valence-corrected chi connectivity index (χ2v) is 4.10. The molecule has 1 aromatic carbocycles. The first kappa shape index (κ1) is 7.19. The SMILES string of the molecule is Clc1cc(Cl)c2c(c1)[C@@H]1O[C@H]1C2. The van der Waals surface area contributed by atoms with Gasteiger partial charge in [-0.05, 0) is 23.3 Å². The zero-order valence-corrected chi connectivity index (χ0v) is 7.69. The molecule has 1 aromatic rings. The van der Waals surface area contributed by atoms with Crippen LogP contribution in [0.3, 0.4) is 0 Å². The average Bonchev–Trinajstić information content (AvgIpc) is 2.68. The van der Waals surface area contributed by atoms with E-state index < -0.39 is 0 Å². The van der Waals surface area contributed by atoms with Gasteiger partial charge >= 0.3 is 0 Å². The van der Waals surface area contributed by atoms with Gasteiger partial charge in [-0.25, -0.2) is 0 Å². The maximum absolute atomic E-state index is 6.02. The summed E-state index contributed by atoms with van der Waals surface area (Å²) in [6.45, 7) is 0. The predicted molar refractivity (Wildman–Crippen MR) is 47.8 cm³/mol. The number of hydrogen-bond donors (Lipinski definition) is 0. The third kappa shape index (κ3) is 0.846. The third-order valence-electron chi connectivity index (χ3n) is 2.49. The summed E-state index contributed by atoms with van der Waals surface area (Å²) in [5, 5.41) is 1.49. The zero-order chi connectivity index (χ0) is 8.29. The molecule has 1 nitrogen and oxygen atoms in total. The van der Waals surface area contributed by atoms with Crippen molar-refractivity contribution in [2.45, 2.75) is 18.6 Å². The number of epoxide rings is 1. The van der Waals surface area contributed by atoms with Crippen LogP contribution in [-0.2, 0) is 11.2 Å². The summed E-state index contributed by atoms with van der Waals surface area (Å²) < 4.78 is 5.37. The Morgan fingerprint density at radius 2 is 2.17 bits per heavy atom. The minimum absolute atomic E-state index is 0.288. The Morgan fingerprint density at radius 3 is 3.00 bits per heavy atom. The molecular formula is C9H6Cl2O. The van der Waals surface area contributed by atoms with Crippen molar-refractivity contribution in [1.29, 1.82) is 0 Å². The Hall–Kier alpha value is -0.240. The van der Waals surface area contributed by atoms with Crippen molar-refractivity contribution >= 4 is 23.2 Å². The van der Waals surface area contributed by atoms with Gasteiger partial charge in [0.05, 0.1) is 6.10 Å². The van der Waals surface area contributed by atoms with Crippen LogP contribution in [0.4, 0.5) is 0 Å². The van der Waals surface area contributed by atoms with E-state index >= 15 is 0 Å². The lowest BCUT2D eigenvalue weighted by atomic mass is 10.1. The van der Waals surface area contributed by atoms with E-state index in [1.165, 1.54) is 11.1 Å². The molecule has 3 heteroatoms. The number of hydrogen-bond acceptors (Lipinski definition) is 1.